The van der Waals surface area contributed by atoms with Crippen LogP contribution in [0.2, 0.25) is 0 Å². The molecule has 1 heterocycles. The Morgan fingerprint density at radius 3 is 2.57 bits per heavy atom. The van der Waals surface area contributed by atoms with Gasteiger partial charge in [0.2, 0.25) is 5.91 Å². The van der Waals surface area contributed by atoms with Gasteiger partial charge in [-0.1, -0.05) is 0 Å². The lowest BCUT2D eigenvalue weighted by Gasteiger charge is -2.29. The smallest absolute Gasteiger partial charge is 0.408 e. The number of hydrogen-bond acceptors (Lipinski definition) is 6. The Hall–Kier alpha value is -2.39. The maximum Gasteiger partial charge on any atom is 0.408 e. The van der Waals surface area contributed by atoms with Gasteiger partial charge in [0, 0.05) is 25.4 Å². The van der Waals surface area contributed by atoms with Crippen molar-refractivity contribution in [1.82, 2.24) is 5.32 Å². The van der Waals surface area contributed by atoms with Gasteiger partial charge < -0.3 is 30.1 Å². The maximum atomic E-state index is 14.5. The minimum absolute atomic E-state index is 0.000576. The van der Waals surface area contributed by atoms with E-state index in [2.05, 4.69) is 10.6 Å². The molecule has 0 saturated carbocycles. The van der Waals surface area contributed by atoms with Gasteiger partial charge in [0.1, 0.15) is 17.5 Å². The van der Waals surface area contributed by atoms with Gasteiger partial charge in [-0.05, 0) is 45.4 Å². The van der Waals surface area contributed by atoms with Crippen molar-refractivity contribution in [2.45, 2.75) is 38.8 Å². The van der Waals surface area contributed by atoms with Crippen molar-refractivity contribution in [3.05, 3.63) is 24.0 Å². The second kappa shape index (κ2) is 9.70. The first-order chi connectivity index (χ1) is 13.2. The Balaban J connectivity index is 2.02. The molecule has 9 heteroatoms. The van der Waals surface area contributed by atoms with Gasteiger partial charge in [-0.15, -0.1) is 0 Å². The molecule has 0 bridgehead atoms. The molecular formula is C19H28FN3O5. The number of morpholine rings is 1. The zero-order chi connectivity index (χ0) is 20.7. The topological polar surface area (TPSA) is 100 Å². The van der Waals surface area contributed by atoms with Crippen molar-refractivity contribution in [3.63, 3.8) is 0 Å². The summed E-state index contributed by atoms with van der Waals surface area (Å²) in [7, 11) is 0. The number of nitrogens with one attached hydrogen (secondary N) is 2. The highest BCUT2D eigenvalue weighted by Crippen LogP contribution is 2.24. The van der Waals surface area contributed by atoms with Crippen LogP contribution in [0.3, 0.4) is 0 Å². The van der Waals surface area contributed by atoms with Crippen LogP contribution in [0, 0.1) is 5.82 Å². The SMILES string of the molecule is CC(C)(C)OC(=O)N[C@@H](CCO)C(=O)Nc1ccc(N2CCOCC2)c(F)c1. The lowest BCUT2D eigenvalue weighted by Crippen LogP contribution is -2.46. The summed E-state index contributed by atoms with van der Waals surface area (Å²) in [4.78, 5) is 26.2. The average molecular weight is 397 g/mol. The van der Waals surface area contributed by atoms with E-state index in [0.29, 0.717) is 32.0 Å². The summed E-state index contributed by atoms with van der Waals surface area (Å²) in [6, 6.07) is 3.40. The number of nitrogens with zero attached hydrogens (tertiary/aromatic N) is 1. The molecule has 0 unspecified atom stereocenters. The summed E-state index contributed by atoms with van der Waals surface area (Å²) >= 11 is 0. The third-order valence-corrected chi connectivity index (χ3v) is 3.99. The zero-order valence-electron chi connectivity index (χ0n) is 16.5. The van der Waals surface area contributed by atoms with Gasteiger partial charge in [-0.2, -0.15) is 0 Å². The Morgan fingerprint density at radius 1 is 1.32 bits per heavy atom. The Morgan fingerprint density at radius 2 is 2.00 bits per heavy atom. The van der Waals surface area contributed by atoms with Gasteiger partial charge in [-0.25, -0.2) is 9.18 Å². The van der Waals surface area contributed by atoms with E-state index in [0.717, 1.165) is 0 Å². The van der Waals surface area contributed by atoms with Gasteiger partial charge in [-0.3, -0.25) is 4.79 Å². The van der Waals surface area contributed by atoms with Gasteiger partial charge in [0.15, 0.2) is 0 Å². The van der Waals surface area contributed by atoms with Crippen molar-refractivity contribution in [1.29, 1.82) is 0 Å². The number of aliphatic hydroxyl groups is 1. The third kappa shape index (κ3) is 6.65. The van der Waals surface area contributed by atoms with E-state index < -0.39 is 29.5 Å². The number of carbonyl (C=O) groups is 2. The quantitative estimate of drug-likeness (QED) is 0.678. The van der Waals surface area contributed by atoms with Crippen molar-refractivity contribution < 1.29 is 28.6 Å². The number of hydrogen-bond donors (Lipinski definition) is 3. The summed E-state index contributed by atoms with van der Waals surface area (Å²) in [6.07, 6.45) is -0.769. The summed E-state index contributed by atoms with van der Waals surface area (Å²) in [5, 5.41) is 14.2. The van der Waals surface area contributed by atoms with Crippen LogP contribution in [0.4, 0.5) is 20.6 Å². The molecule has 0 aromatic heterocycles. The molecular weight excluding hydrogens is 369 g/mol. The molecule has 0 spiro atoms. The van der Waals surface area contributed by atoms with Crippen molar-refractivity contribution >= 4 is 23.4 Å². The van der Waals surface area contributed by atoms with Crippen LogP contribution < -0.4 is 15.5 Å². The number of carbonyl (C=O) groups excluding carboxylic acids is 2. The highest BCUT2D eigenvalue weighted by Gasteiger charge is 2.24. The number of benzene rings is 1. The van der Waals surface area contributed by atoms with E-state index in [1.54, 1.807) is 32.9 Å². The van der Waals surface area contributed by atoms with E-state index in [-0.39, 0.29) is 18.7 Å². The lowest BCUT2D eigenvalue weighted by molar-refractivity contribution is -0.118. The number of aliphatic hydroxyl groups excluding tert-OH is 1. The van der Waals surface area contributed by atoms with Crippen LogP contribution in [-0.2, 0) is 14.3 Å². The molecule has 2 amide bonds. The molecule has 1 aliphatic rings. The monoisotopic (exact) mass is 397 g/mol. The molecule has 1 aromatic carbocycles. The third-order valence-electron chi connectivity index (χ3n) is 3.99. The average Bonchev–Trinajstić information content (AvgIpc) is 2.60. The predicted octanol–water partition coefficient (Wildman–Crippen LogP) is 1.88. The molecule has 3 N–H and O–H groups in total. The summed E-state index contributed by atoms with van der Waals surface area (Å²) in [6.45, 7) is 7.07. The number of rotatable bonds is 6. The van der Waals surface area contributed by atoms with Gasteiger partial charge in [0.25, 0.3) is 0 Å². The van der Waals surface area contributed by atoms with Gasteiger partial charge in [0.05, 0.1) is 18.9 Å². The standard InChI is InChI=1S/C19H28FN3O5/c1-19(2,3)28-18(26)22-15(6-9-24)17(25)21-13-4-5-16(14(20)12-13)23-7-10-27-11-8-23/h4-5,12,15,24H,6-11H2,1-3H3,(H,21,25)(H,22,26)/t15-/m0/s1. The first kappa shape index (κ1) is 21.9. The van der Waals surface area contributed by atoms with Crippen molar-refractivity contribution in [2.75, 3.05) is 43.1 Å². The first-order valence-electron chi connectivity index (χ1n) is 9.23. The van der Waals surface area contributed by atoms with E-state index in [1.165, 1.54) is 6.07 Å². The number of amides is 2. The first-order valence-corrected chi connectivity index (χ1v) is 9.23. The van der Waals surface area contributed by atoms with Crippen LogP contribution >= 0.6 is 0 Å². The van der Waals surface area contributed by atoms with E-state index >= 15 is 0 Å². The fourth-order valence-electron chi connectivity index (χ4n) is 2.72. The highest BCUT2D eigenvalue weighted by molar-refractivity contribution is 5.96. The van der Waals surface area contributed by atoms with Crippen LogP contribution in [0.5, 0.6) is 0 Å². The zero-order valence-corrected chi connectivity index (χ0v) is 16.5. The maximum absolute atomic E-state index is 14.5. The molecule has 1 fully saturated rings. The molecule has 28 heavy (non-hydrogen) atoms. The molecule has 156 valence electrons. The molecule has 1 aliphatic heterocycles. The summed E-state index contributed by atoms with van der Waals surface area (Å²) in [5.74, 6) is -1.03. The predicted molar refractivity (Wildman–Crippen MR) is 103 cm³/mol. The number of ether oxygens (including phenoxy) is 2. The van der Waals surface area contributed by atoms with Crippen molar-refractivity contribution in [2.24, 2.45) is 0 Å². The minimum Gasteiger partial charge on any atom is -0.444 e. The summed E-state index contributed by atoms with van der Waals surface area (Å²) in [5.41, 5.74) is -0.0171. The molecule has 1 atom stereocenters. The van der Waals surface area contributed by atoms with Crippen LogP contribution in [-0.4, -0.2) is 61.7 Å². The Bertz CT molecular complexity index is 687. The fraction of sp³-hybridized carbons (Fsp3) is 0.579. The number of halogens is 1. The fourth-order valence-corrected chi connectivity index (χ4v) is 2.72. The Kier molecular flexibility index (Phi) is 7.59. The van der Waals surface area contributed by atoms with E-state index in [1.807, 2.05) is 4.90 Å². The second-order valence-corrected chi connectivity index (χ2v) is 7.47. The van der Waals surface area contributed by atoms with Crippen LogP contribution in [0.15, 0.2) is 18.2 Å². The van der Waals surface area contributed by atoms with E-state index in [4.69, 9.17) is 9.47 Å². The molecule has 8 nitrogen and oxygen atoms in total. The molecule has 1 saturated heterocycles. The van der Waals surface area contributed by atoms with Gasteiger partial charge >= 0.3 is 6.09 Å². The van der Waals surface area contributed by atoms with E-state index in [9.17, 15) is 19.1 Å². The molecule has 0 radical (unpaired) electrons. The Labute approximate surface area is 164 Å². The molecule has 1 aromatic rings. The normalized spacial score (nSPS) is 15.7. The number of alkyl carbamates (subject to hydrolysis) is 1. The second-order valence-electron chi connectivity index (χ2n) is 7.47. The van der Waals surface area contributed by atoms with Crippen LogP contribution in [0.25, 0.3) is 0 Å². The van der Waals surface area contributed by atoms with Crippen molar-refractivity contribution in [3.8, 4) is 0 Å². The number of anilines is 2. The lowest BCUT2D eigenvalue weighted by atomic mass is 10.1. The summed E-state index contributed by atoms with van der Waals surface area (Å²) < 4.78 is 24.9. The molecule has 0 aliphatic carbocycles. The minimum atomic E-state index is -1.01. The highest BCUT2D eigenvalue weighted by atomic mass is 19.1. The van der Waals surface area contributed by atoms with Crippen LogP contribution in [0.1, 0.15) is 27.2 Å². The molecule has 2 rings (SSSR count). The largest absolute Gasteiger partial charge is 0.444 e.